The van der Waals surface area contributed by atoms with E-state index < -0.39 is 16.1 Å². The summed E-state index contributed by atoms with van der Waals surface area (Å²) < 4.78 is 34.0. The smallest absolute Gasteiger partial charge is 0.264 e. The number of amides is 1. The van der Waals surface area contributed by atoms with E-state index in [2.05, 4.69) is 5.32 Å². The van der Waals surface area contributed by atoms with Crippen molar-refractivity contribution in [3.63, 3.8) is 0 Å². The van der Waals surface area contributed by atoms with Gasteiger partial charge in [0.2, 0.25) is 0 Å². The molecule has 0 aromatic heterocycles. The summed E-state index contributed by atoms with van der Waals surface area (Å²) in [7, 11) is -3.86. The van der Waals surface area contributed by atoms with E-state index in [9.17, 15) is 13.2 Å². The molecule has 7 heteroatoms. The van der Waals surface area contributed by atoms with Crippen LogP contribution in [0.15, 0.2) is 83.8 Å². The number of benzene rings is 3. The van der Waals surface area contributed by atoms with Crippen molar-refractivity contribution in [3.8, 4) is 5.75 Å². The fourth-order valence-electron chi connectivity index (χ4n) is 3.67. The first-order chi connectivity index (χ1) is 15.4. The highest BCUT2D eigenvalue weighted by molar-refractivity contribution is 7.92. The largest absolute Gasteiger partial charge is 0.476 e. The molecule has 0 saturated carbocycles. The Morgan fingerprint density at radius 2 is 1.69 bits per heavy atom. The minimum absolute atomic E-state index is 0.0984. The van der Waals surface area contributed by atoms with E-state index in [1.807, 2.05) is 44.2 Å². The molecular formula is C25H26N2O4S. The molecule has 4 rings (SSSR count). The number of carbonyl (C=O) groups is 1. The van der Waals surface area contributed by atoms with E-state index in [4.69, 9.17) is 4.74 Å². The van der Waals surface area contributed by atoms with Gasteiger partial charge >= 0.3 is 0 Å². The Bertz CT molecular complexity index is 1190. The Labute approximate surface area is 188 Å². The topological polar surface area (TPSA) is 75.7 Å². The van der Waals surface area contributed by atoms with Gasteiger partial charge in [-0.25, -0.2) is 8.42 Å². The normalized spacial score (nSPS) is 16.6. The van der Waals surface area contributed by atoms with E-state index in [1.165, 1.54) is 4.31 Å². The first kappa shape index (κ1) is 21.9. The Hall–Kier alpha value is -3.32. The molecule has 0 saturated heterocycles. The molecule has 0 fully saturated rings. The number of anilines is 1. The van der Waals surface area contributed by atoms with E-state index >= 15 is 0 Å². The summed E-state index contributed by atoms with van der Waals surface area (Å²) in [6.07, 6.45) is -0.951. The van der Waals surface area contributed by atoms with Gasteiger partial charge in [0, 0.05) is 6.54 Å². The highest BCUT2D eigenvalue weighted by atomic mass is 32.2. The Morgan fingerprint density at radius 3 is 2.41 bits per heavy atom. The second-order valence-corrected chi connectivity index (χ2v) is 9.84. The summed E-state index contributed by atoms with van der Waals surface area (Å²) in [5, 5.41) is 2.92. The second kappa shape index (κ2) is 9.04. The first-order valence-electron chi connectivity index (χ1n) is 10.5. The Balaban J connectivity index is 1.55. The molecule has 1 N–H and O–H groups in total. The molecule has 3 aromatic carbocycles. The third kappa shape index (κ3) is 4.48. The quantitative estimate of drug-likeness (QED) is 0.619. The number of nitrogens with one attached hydrogen (secondary N) is 1. The molecule has 3 aromatic rings. The maximum absolute atomic E-state index is 13.4. The van der Waals surface area contributed by atoms with Gasteiger partial charge < -0.3 is 10.1 Å². The maximum Gasteiger partial charge on any atom is 0.264 e. The lowest BCUT2D eigenvalue weighted by Crippen LogP contribution is -2.51. The van der Waals surface area contributed by atoms with Gasteiger partial charge in [0.1, 0.15) is 5.75 Å². The molecule has 2 atom stereocenters. The lowest BCUT2D eigenvalue weighted by atomic mass is 10.0. The second-order valence-electron chi connectivity index (χ2n) is 7.98. The number of hydrogen-bond donors (Lipinski definition) is 1. The van der Waals surface area contributed by atoms with Crippen molar-refractivity contribution in [1.29, 1.82) is 0 Å². The summed E-state index contributed by atoms with van der Waals surface area (Å²) in [4.78, 5) is 13.1. The molecule has 1 aliphatic heterocycles. The summed E-state index contributed by atoms with van der Waals surface area (Å²) in [5.41, 5.74) is 2.51. The van der Waals surface area contributed by atoms with Gasteiger partial charge in [-0.05, 0) is 42.7 Å². The third-order valence-electron chi connectivity index (χ3n) is 5.59. The number of sulfonamides is 1. The van der Waals surface area contributed by atoms with E-state index in [-0.39, 0.29) is 23.3 Å². The lowest BCUT2D eigenvalue weighted by Gasteiger charge is -2.34. The third-order valence-corrected chi connectivity index (χ3v) is 7.38. The number of para-hydroxylation sites is 2. The lowest BCUT2D eigenvalue weighted by molar-refractivity contribution is -0.127. The molecule has 1 heterocycles. The van der Waals surface area contributed by atoms with Crippen molar-refractivity contribution in [2.75, 3.05) is 17.4 Å². The maximum atomic E-state index is 13.4. The fourth-order valence-corrected chi connectivity index (χ4v) is 5.15. The van der Waals surface area contributed by atoms with Crippen molar-refractivity contribution in [2.24, 2.45) is 0 Å². The number of nitrogens with zero attached hydrogens (tertiary/aromatic N) is 1. The zero-order valence-corrected chi connectivity index (χ0v) is 18.9. The molecular weight excluding hydrogens is 424 g/mol. The van der Waals surface area contributed by atoms with Crippen LogP contribution in [-0.2, 0) is 14.8 Å². The molecule has 1 aliphatic rings. The molecule has 0 unspecified atom stereocenters. The van der Waals surface area contributed by atoms with E-state index in [1.54, 1.807) is 48.5 Å². The van der Waals surface area contributed by atoms with Crippen LogP contribution in [0.2, 0.25) is 0 Å². The van der Waals surface area contributed by atoms with Crippen molar-refractivity contribution in [3.05, 3.63) is 90.0 Å². The number of aryl methyl sites for hydroxylation is 1. The van der Waals surface area contributed by atoms with Crippen molar-refractivity contribution in [1.82, 2.24) is 5.32 Å². The van der Waals surface area contributed by atoms with Gasteiger partial charge in [0.15, 0.2) is 6.10 Å². The van der Waals surface area contributed by atoms with Crippen molar-refractivity contribution in [2.45, 2.75) is 30.8 Å². The molecule has 6 nitrogen and oxygen atoms in total. The van der Waals surface area contributed by atoms with Gasteiger partial charge in [-0.15, -0.1) is 0 Å². The van der Waals surface area contributed by atoms with Gasteiger partial charge in [-0.2, -0.15) is 0 Å². The summed E-state index contributed by atoms with van der Waals surface area (Å²) in [6, 6.07) is 23.5. The predicted molar refractivity (Wildman–Crippen MR) is 124 cm³/mol. The molecule has 0 aliphatic carbocycles. The Morgan fingerprint density at radius 1 is 1.03 bits per heavy atom. The summed E-state index contributed by atoms with van der Waals surface area (Å²) in [5.74, 6) is 0.139. The van der Waals surface area contributed by atoms with Crippen LogP contribution in [0.1, 0.15) is 24.0 Å². The van der Waals surface area contributed by atoms with Gasteiger partial charge in [0.25, 0.3) is 15.9 Å². The fraction of sp³-hybridized carbons (Fsp3) is 0.240. The molecule has 0 spiro atoms. The zero-order valence-electron chi connectivity index (χ0n) is 18.1. The number of fused-ring (bicyclic) bond motifs is 1. The monoisotopic (exact) mass is 450 g/mol. The van der Waals surface area contributed by atoms with Gasteiger partial charge in [-0.1, -0.05) is 67.1 Å². The zero-order chi connectivity index (χ0) is 22.7. The number of carbonyl (C=O) groups excluding carboxylic acids is 1. The van der Waals surface area contributed by atoms with Crippen LogP contribution in [0.4, 0.5) is 5.69 Å². The SMILES string of the molecule is Cc1ccc(S(=O)(=O)N2C[C@H](C(=O)NC[C@H](C)c3ccccc3)Oc3ccccc32)cc1. The van der Waals surface area contributed by atoms with Gasteiger partial charge in [0.05, 0.1) is 17.1 Å². The minimum atomic E-state index is -3.86. The highest BCUT2D eigenvalue weighted by Gasteiger charge is 2.37. The molecule has 0 bridgehead atoms. The van der Waals surface area contributed by atoms with Gasteiger partial charge in [-0.3, -0.25) is 9.10 Å². The van der Waals surface area contributed by atoms with Crippen LogP contribution < -0.4 is 14.4 Å². The van der Waals surface area contributed by atoms with Crippen LogP contribution in [0.25, 0.3) is 0 Å². The average molecular weight is 451 g/mol. The molecule has 1 amide bonds. The molecule has 0 radical (unpaired) electrons. The number of ether oxygens (including phenoxy) is 1. The average Bonchev–Trinajstić information content (AvgIpc) is 2.82. The van der Waals surface area contributed by atoms with Crippen LogP contribution in [0, 0.1) is 6.92 Å². The van der Waals surface area contributed by atoms with Crippen LogP contribution in [0.5, 0.6) is 5.75 Å². The minimum Gasteiger partial charge on any atom is -0.476 e. The standard InChI is InChI=1S/C25H26N2O4S/c1-18-12-14-21(15-13-18)32(29,30)27-17-24(31-23-11-7-6-10-22(23)27)25(28)26-16-19(2)20-8-4-3-5-9-20/h3-15,19,24H,16-17H2,1-2H3,(H,26,28)/t19-,24+/m0/s1. The predicted octanol–water partition coefficient (Wildman–Crippen LogP) is 3.87. The van der Waals surface area contributed by atoms with Crippen molar-refractivity contribution >= 4 is 21.6 Å². The Kier molecular flexibility index (Phi) is 6.19. The first-order valence-corrected chi connectivity index (χ1v) is 12.0. The number of rotatable bonds is 6. The van der Waals surface area contributed by atoms with E-state index in [0.717, 1.165) is 11.1 Å². The number of hydrogen-bond acceptors (Lipinski definition) is 4. The van der Waals surface area contributed by atoms with Crippen molar-refractivity contribution < 1.29 is 17.9 Å². The summed E-state index contributed by atoms with van der Waals surface area (Å²) in [6.45, 7) is 4.26. The van der Waals surface area contributed by atoms with Crippen LogP contribution in [0.3, 0.4) is 0 Å². The molecule has 32 heavy (non-hydrogen) atoms. The summed E-state index contributed by atoms with van der Waals surface area (Å²) >= 11 is 0. The highest BCUT2D eigenvalue weighted by Crippen LogP contribution is 2.36. The van der Waals surface area contributed by atoms with E-state index in [0.29, 0.717) is 18.0 Å². The molecule has 166 valence electrons. The van der Waals surface area contributed by atoms with Crippen LogP contribution >= 0.6 is 0 Å². The van der Waals surface area contributed by atoms with Crippen LogP contribution in [-0.4, -0.2) is 33.5 Å².